The molecule has 2 N–H and O–H groups in total. The fourth-order valence-corrected chi connectivity index (χ4v) is 2.52. The molecule has 148 valence electrons. The molecule has 7 nitrogen and oxygen atoms in total. The van der Waals surface area contributed by atoms with Crippen molar-refractivity contribution < 1.29 is 19.1 Å². The van der Waals surface area contributed by atoms with Gasteiger partial charge < -0.3 is 20.1 Å². The van der Waals surface area contributed by atoms with Crippen molar-refractivity contribution in [1.82, 2.24) is 10.3 Å². The number of anilines is 1. The zero-order chi connectivity index (χ0) is 20.5. The topological polar surface area (TPSA) is 89.5 Å². The maximum Gasteiger partial charge on any atom is 0.269 e. The van der Waals surface area contributed by atoms with E-state index in [0.717, 1.165) is 0 Å². The van der Waals surface area contributed by atoms with Crippen LogP contribution >= 0.6 is 0 Å². The van der Waals surface area contributed by atoms with Crippen LogP contribution in [0.25, 0.3) is 0 Å². The summed E-state index contributed by atoms with van der Waals surface area (Å²) in [6.07, 6.45) is 1.42. The second-order valence-corrected chi connectivity index (χ2v) is 6.04. The first-order valence-electron chi connectivity index (χ1n) is 9.04. The zero-order valence-electron chi connectivity index (χ0n) is 15.9. The lowest BCUT2D eigenvalue weighted by Gasteiger charge is -2.12. The first kappa shape index (κ1) is 20.0. The Kier molecular flexibility index (Phi) is 6.91. The highest BCUT2D eigenvalue weighted by atomic mass is 16.5. The van der Waals surface area contributed by atoms with Gasteiger partial charge in [0.2, 0.25) is 0 Å². The van der Waals surface area contributed by atoms with Gasteiger partial charge in [-0.15, -0.1) is 0 Å². The van der Waals surface area contributed by atoms with Crippen LogP contribution in [-0.2, 0) is 4.74 Å². The van der Waals surface area contributed by atoms with Crippen molar-refractivity contribution >= 4 is 17.5 Å². The van der Waals surface area contributed by atoms with Gasteiger partial charge in [-0.3, -0.25) is 14.6 Å². The first-order chi connectivity index (χ1) is 14.2. The lowest BCUT2D eigenvalue weighted by Crippen LogP contribution is -2.28. The van der Waals surface area contributed by atoms with Gasteiger partial charge in [-0.05, 0) is 36.4 Å². The number of benzene rings is 2. The van der Waals surface area contributed by atoms with E-state index in [4.69, 9.17) is 9.47 Å². The van der Waals surface area contributed by atoms with Gasteiger partial charge in [0.1, 0.15) is 11.4 Å². The van der Waals surface area contributed by atoms with Crippen LogP contribution in [0.2, 0.25) is 0 Å². The summed E-state index contributed by atoms with van der Waals surface area (Å²) in [5.74, 6) is 0.429. The van der Waals surface area contributed by atoms with Crippen LogP contribution < -0.4 is 15.4 Å². The van der Waals surface area contributed by atoms with Gasteiger partial charge in [-0.25, -0.2) is 0 Å². The van der Waals surface area contributed by atoms with Gasteiger partial charge in [0, 0.05) is 25.4 Å². The van der Waals surface area contributed by atoms with E-state index in [1.165, 1.54) is 12.3 Å². The molecule has 0 atom stereocenters. The Bertz CT molecular complexity index is 977. The smallest absolute Gasteiger partial charge is 0.269 e. The molecule has 1 aromatic heterocycles. The minimum absolute atomic E-state index is 0.155. The quantitative estimate of drug-likeness (QED) is 0.574. The highest BCUT2D eigenvalue weighted by Crippen LogP contribution is 2.29. The van der Waals surface area contributed by atoms with E-state index < -0.39 is 0 Å². The molecule has 3 rings (SSSR count). The SMILES string of the molecule is COCCNC(=O)c1cc(C(=O)Nc2ccccc2Oc2ccccc2)ccn1. The average Bonchev–Trinajstić information content (AvgIpc) is 2.76. The third-order valence-electron chi connectivity index (χ3n) is 3.95. The largest absolute Gasteiger partial charge is 0.455 e. The molecular formula is C22H21N3O4. The third-order valence-corrected chi connectivity index (χ3v) is 3.95. The second kappa shape index (κ2) is 10.0. The van der Waals surface area contributed by atoms with Crippen molar-refractivity contribution in [2.45, 2.75) is 0 Å². The summed E-state index contributed by atoms with van der Waals surface area (Å²) in [7, 11) is 1.55. The number of carbonyl (C=O) groups is 2. The fourth-order valence-electron chi connectivity index (χ4n) is 2.52. The van der Waals surface area contributed by atoms with E-state index >= 15 is 0 Å². The van der Waals surface area contributed by atoms with Crippen LogP contribution in [0.1, 0.15) is 20.8 Å². The normalized spacial score (nSPS) is 10.2. The number of nitrogens with zero attached hydrogens (tertiary/aromatic N) is 1. The van der Waals surface area contributed by atoms with Gasteiger partial charge in [0.25, 0.3) is 11.8 Å². The van der Waals surface area contributed by atoms with Crippen LogP contribution in [0.4, 0.5) is 5.69 Å². The summed E-state index contributed by atoms with van der Waals surface area (Å²) in [6, 6.07) is 19.4. The second-order valence-electron chi connectivity index (χ2n) is 6.04. The summed E-state index contributed by atoms with van der Waals surface area (Å²) < 4.78 is 10.8. The van der Waals surface area contributed by atoms with Gasteiger partial charge >= 0.3 is 0 Å². The molecular weight excluding hydrogens is 370 g/mol. The summed E-state index contributed by atoms with van der Waals surface area (Å²) in [4.78, 5) is 28.9. The number of rotatable bonds is 8. The van der Waals surface area contributed by atoms with Crippen molar-refractivity contribution in [3.63, 3.8) is 0 Å². The number of nitrogens with one attached hydrogen (secondary N) is 2. The Hall–Kier alpha value is -3.71. The summed E-state index contributed by atoms with van der Waals surface area (Å²) >= 11 is 0. The summed E-state index contributed by atoms with van der Waals surface area (Å²) in [5, 5.41) is 5.50. The Morgan fingerprint density at radius 2 is 1.72 bits per heavy atom. The van der Waals surface area contributed by atoms with Crippen LogP contribution in [0.15, 0.2) is 72.9 Å². The van der Waals surface area contributed by atoms with E-state index in [0.29, 0.717) is 35.9 Å². The van der Waals surface area contributed by atoms with Crippen molar-refractivity contribution in [2.24, 2.45) is 0 Å². The van der Waals surface area contributed by atoms with E-state index in [2.05, 4.69) is 15.6 Å². The first-order valence-corrected chi connectivity index (χ1v) is 9.04. The molecule has 0 fully saturated rings. The number of amides is 2. The lowest BCUT2D eigenvalue weighted by molar-refractivity contribution is 0.0932. The van der Waals surface area contributed by atoms with Crippen molar-refractivity contribution in [3.05, 3.63) is 84.2 Å². The molecule has 2 aromatic carbocycles. The van der Waals surface area contributed by atoms with Crippen LogP contribution in [0.3, 0.4) is 0 Å². The Morgan fingerprint density at radius 1 is 0.966 bits per heavy atom. The number of pyridine rings is 1. The predicted molar refractivity (Wildman–Crippen MR) is 109 cm³/mol. The third kappa shape index (κ3) is 5.63. The highest BCUT2D eigenvalue weighted by Gasteiger charge is 2.14. The zero-order valence-corrected chi connectivity index (χ0v) is 15.9. The fraction of sp³-hybridized carbons (Fsp3) is 0.136. The van der Waals surface area contributed by atoms with Crippen LogP contribution in [-0.4, -0.2) is 37.1 Å². The van der Waals surface area contributed by atoms with Crippen LogP contribution in [0, 0.1) is 0 Å². The van der Waals surface area contributed by atoms with Crippen molar-refractivity contribution in [3.8, 4) is 11.5 Å². The number of hydrogen-bond donors (Lipinski definition) is 2. The van der Waals surface area contributed by atoms with E-state index in [1.54, 1.807) is 31.4 Å². The standard InChI is InChI=1S/C22H21N3O4/c1-28-14-13-24-22(27)19-15-16(11-12-23-19)21(26)25-18-9-5-6-10-20(18)29-17-7-3-2-4-8-17/h2-12,15H,13-14H2,1H3,(H,24,27)(H,25,26). The Morgan fingerprint density at radius 3 is 2.52 bits per heavy atom. The van der Waals surface area contributed by atoms with E-state index in [9.17, 15) is 9.59 Å². The molecule has 0 radical (unpaired) electrons. The molecule has 0 saturated heterocycles. The molecule has 2 amide bonds. The molecule has 0 aliphatic heterocycles. The molecule has 0 unspecified atom stereocenters. The van der Waals surface area contributed by atoms with Gasteiger partial charge in [-0.1, -0.05) is 30.3 Å². The minimum Gasteiger partial charge on any atom is -0.455 e. The Balaban J connectivity index is 1.72. The molecule has 3 aromatic rings. The molecule has 29 heavy (non-hydrogen) atoms. The number of aromatic nitrogens is 1. The maximum absolute atomic E-state index is 12.7. The Labute approximate surface area is 168 Å². The van der Waals surface area contributed by atoms with Gasteiger partial charge in [0.05, 0.1) is 12.3 Å². The predicted octanol–water partition coefficient (Wildman–Crippen LogP) is 3.50. The van der Waals surface area contributed by atoms with Crippen LogP contribution in [0.5, 0.6) is 11.5 Å². The number of ether oxygens (including phenoxy) is 2. The monoisotopic (exact) mass is 391 g/mol. The van der Waals surface area contributed by atoms with E-state index in [1.807, 2.05) is 36.4 Å². The lowest BCUT2D eigenvalue weighted by atomic mass is 10.2. The van der Waals surface area contributed by atoms with Gasteiger partial charge in [-0.2, -0.15) is 0 Å². The maximum atomic E-state index is 12.7. The van der Waals surface area contributed by atoms with E-state index in [-0.39, 0.29) is 17.5 Å². The number of carbonyl (C=O) groups excluding carboxylic acids is 2. The average molecular weight is 391 g/mol. The molecule has 0 aliphatic rings. The number of methoxy groups -OCH3 is 1. The highest BCUT2D eigenvalue weighted by molar-refractivity contribution is 6.06. The summed E-state index contributed by atoms with van der Waals surface area (Å²) in [6.45, 7) is 0.752. The minimum atomic E-state index is -0.373. The molecule has 0 aliphatic carbocycles. The molecule has 0 bridgehead atoms. The number of para-hydroxylation sites is 3. The molecule has 0 saturated carbocycles. The van der Waals surface area contributed by atoms with Gasteiger partial charge in [0.15, 0.2) is 5.75 Å². The molecule has 1 heterocycles. The summed E-state index contributed by atoms with van der Waals surface area (Å²) in [5.41, 5.74) is 0.984. The molecule has 7 heteroatoms. The van der Waals surface area contributed by atoms with Crippen molar-refractivity contribution in [1.29, 1.82) is 0 Å². The van der Waals surface area contributed by atoms with Crippen molar-refractivity contribution in [2.75, 3.05) is 25.6 Å². The number of hydrogen-bond acceptors (Lipinski definition) is 5. The molecule has 0 spiro atoms.